The average Bonchev–Trinajstić information content (AvgIpc) is 2.14. The number of hydrogen-bond acceptors (Lipinski definition) is 2. The first-order valence-electron chi connectivity index (χ1n) is 4.19. The van der Waals surface area contributed by atoms with Crippen LogP contribution in [0.5, 0.6) is 0 Å². The van der Waals surface area contributed by atoms with E-state index < -0.39 is 0 Å². The number of nitrogens with one attached hydrogen (secondary N) is 1. The summed E-state index contributed by atoms with van der Waals surface area (Å²) in [6.07, 6.45) is 0. The van der Waals surface area contributed by atoms with Crippen LogP contribution in [0, 0.1) is 3.57 Å². The molecular weight excluding hydrogens is 277 g/mol. The van der Waals surface area contributed by atoms with Crippen LogP contribution < -0.4 is 5.32 Å². The number of ether oxygens (including phenoxy) is 1. The molecule has 1 atom stereocenters. The first kappa shape index (κ1) is 10.9. The summed E-state index contributed by atoms with van der Waals surface area (Å²) in [7, 11) is 3.67. The van der Waals surface area contributed by atoms with Crippen LogP contribution >= 0.6 is 22.6 Å². The van der Waals surface area contributed by atoms with Gasteiger partial charge in [-0.25, -0.2) is 0 Å². The smallest absolute Gasteiger partial charge is 0.0657 e. The van der Waals surface area contributed by atoms with Crippen LogP contribution in [-0.2, 0) is 4.74 Å². The van der Waals surface area contributed by atoms with Gasteiger partial charge >= 0.3 is 0 Å². The van der Waals surface area contributed by atoms with Crippen LogP contribution in [0.4, 0.5) is 0 Å². The summed E-state index contributed by atoms with van der Waals surface area (Å²) in [6.45, 7) is 0.705. The van der Waals surface area contributed by atoms with Gasteiger partial charge in [-0.3, -0.25) is 0 Å². The molecule has 0 amide bonds. The Morgan fingerprint density at radius 3 is 2.85 bits per heavy atom. The first-order valence-corrected chi connectivity index (χ1v) is 5.27. The van der Waals surface area contributed by atoms with Crippen molar-refractivity contribution in [3.05, 3.63) is 33.4 Å². The molecule has 0 spiro atoms. The van der Waals surface area contributed by atoms with E-state index in [1.165, 1.54) is 9.13 Å². The maximum atomic E-state index is 5.12. The van der Waals surface area contributed by atoms with Crippen LogP contribution in [0.2, 0.25) is 0 Å². The summed E-state index contributed by atoms with van der Waals surface area (Å²) in [4.78, 5) is 0. The number of hydrogen-bond donors (Lipinski definition) is 1. The van der Waals surface area contributed by atoms with Crippen molar-refractivity contribution < 1.29 is 4.74 Å². The van der Waals surface area contributed by atoms with Gasteiger partial charge in [-0.05, 0) is 47.3 Å². The Hall–Kier alpha value is -0.130. The van der Waals surface area contributed by atoms with Gasteiger partial charge in [0.05, 0.1) is 12.6 Å². The topological polar surface area (TPSA) is 21.3 Å². The SMILES string of the molecule is CNC(COC)c1cccc(I)c1. The summed E-state index contributed by atoms with van der Waals surface area (Å²) < 4.78 is 6.38. The standard InChI is InChI=1S/C10H14INO/c1-12-10(7-13-2)8-4-3-5-9(11)6-8/h3-6,10,12H,7H2,1-2H3. The molecule has 2 nitrogen and oxygen atoms in total. The maximum absolute atomic E-state index is 5.12. The van der Waals surface area contributed by atoms with Crippen molar-refractivity contribution in [2.75, 3.05) is 20.8 Å². The van der Waals surface area contributed by atoms with E-state index in [1.54, 1.807) is 7.11 Å². The lowest BCUT2D eigenvalue weighted by atomic mass is 10.1. The zero-order valence-corrected chi connectivity index (χ0v) is 10.0. The van der Waals surface area contributed by atoms with Crippen molar-refractivity contribution in [3.63, 3.8) is 0 Å². The van der Waals surface area contributed by atoms with E-state index in [9.17, 15) is 0 Å². The quantitative estimate of drug-likeness (QED) is 0.859. The number of halogens is 1. The van der Waals surface area contributed by atoms with Gasteiger partial charge in [-0.2, -0.15) is 0 Å². The largest absolute Gasteiger partial charge is 0.383 e. The molecule has 0 saturated heterocycles. The van der Waals surface area contributed by atoms with E-state index in [1.807, 2.05) is 7.05 Å². The van der Waals surface area contributed by atoms with Crippen LogP contribution in [0.25, 0.3) is 0 Å². The van der Waals surface area contributed by atoms with Gasteiger partial charge in [0, 0.05) is 10.7 Å². The van der Waals surface area contributed by atoms with E-state index in [-0.39, 0.29) is 0 Å². The van der Waals surface area contributed by atoms with Gasteiger partial charge < -0.3 is 10.1 Å². The summed E-state index contributed by atoms with van der Waals surface area (Å²) in [5.74, 6) is 0. The van der Waals surface area contributed by atoms with E-state index in [0.717, 1.165) is 0 Å². The molecular formula is C10H14INO. The summed E-state index contributed by atoms with van der Waals surface area (Å²) in [5, 5.41) is 3.22. The van der Waals surface area contributed by atoms with Gasteiger partial charge in [0.15, 0.2) is 0 Å². The van der Waals surface area contributed by atoms with Crippen molar-refractivity contribution in [2.45, 2.75) is 6.04 Å². The van der Waals surface area contributed by atoms with Crippen LogP contribution in [-0.4, -0.2) is 20.8 Å². The zero-order chi connectivity index (χ0) is 9.68. The number of likely N-dealkylation sites (N-methyl/N-ethyl adjacent to an activating group) is 1. The number of methoxy groups -OCH3 is 1. The van der Waals surface area contributed by atoms with Gasteiger partial charge in [0.1, 0.15) is 0 Å². The molecule has 1 rings (SSSR count). The van der Waals surface area contributed by atoms with Gasteiger partial charge in [-0.15, -0.1) is 0 Å². The summed E-state index contributed by atoms with van der Waals surface area (Å²) >= 11 is 2.31. The molecule has 3 heteroatoms. The summed E-state index contributed by atoms with van der Waals surface area (Å²) in [5.41, 5.74) is 1.27. The van der Waals surface area contributed by atoms with Crippen molar-refractivity contribution >= 4 is 22.6 Å². The molecule has 0 aromatic heterocycles. The average molecular weight is 291 g/mol. The van der Waals surface area contributed by atoms with Crippen molar-refractivity contribution in [2.24, 2.45) is 0 Å². The molecule has 0 aliphatic carbocycles. The second kappa shape index (κ2) is 5.57. The minimum atomic E-state index is 0.291. The fourth-order valence-corrected chi connectivity index (χ4v) is 1.80. The Bertz CT molecular complexity index is 265. The van der Waals surface area contributed by atoms with Gasteiger partial charge in [0.2, 0.25) is 0 Å². The van der Waals surface area contributed by atoms with E-state index >= 15 is 0 Å². The molecule has 72 valence electrons. The predicted octanol–water partition coefficient (Wildman–Crippen LogP) is 2.20. The monoisotopic (exact) mass is 291 g/mol. The Balaban J connectivity index is 2.78. The highest BCUT2D eigenvalue weighted by Gasteiger charge is 2.07. The van der Waals surface area contributed by atoms with Gasteiger partial charge in [-0.1, -0.05) is 12.1 Å². The fraction of sp³-hybridized carbons (Fsp3) is 0.400. The normalized spacial score (nSPS) is 12.8. The van der Waals surface area contributed by atoms with Crippen LogP contribution in [0.15, 0.2) is 24.3 Å². The number of benzene rings is 1. The summed E-state index contributed by atoms with van der Waals surface area (Å²) in [6, 6.07) is 8.73. The third-order valence-electron chi connectivity index (χ3n) is 1.93. The van der Waals surface area contributed by atoms with Gasteiger partial charge in [0.25, 0.3) is 0 Å². The molecule has 1 aromatic rings. The maximum Gasteiger partial charge on any atom is 0.0657 e. The molecule has 0 aliphatic heterocycles. The fourth-order valence-electron chi connectivity index (χ4n) is 1.24. The van der Waals surface area contributed by atoms with Crippen LogP contribution in [0.1, 0.15) is 11.6 Å². The molecule has 1 N–H and O–H groups in total. The molecule has 0 radical (unpaired) electrons. The molecule has 0 saturated carbocycles. The lowest BCUT2D eigenvalue weighted by Gasteiger charge is -2.15. The molecule has 0 fully saturated rings. The second-order valence-electron chi connectivity index (χ2n) is 2.85. The minimum absolute atomic E-state index is 0.291. The predicted molar refractivity (Wildman–Crippen MR) is 62.8 cm³/mol. The number of rotatable bonds is 4. The van der Waals surface area contributed by atoms with E-state index in [4.69, 9.17) is 4.74 Å². The van der Waals surface area contributed by atoms with Crippen LogP contribution in [0.3, 0.4) is 0 Å². The van der Waals surface area contributed by atoms with Crippen molar-refractivity contribution in [3.8, 4) is 0 Å². The Morgan fingerprint density at radius 2 is 2.31 bits per heavy atom. The molecule has 0 bridgehead atoms. The Kier molecular flexibility index (Phi) is 4.69. The van der Waals surface area contributed by atoms with E-state index in [0.29, 0.717) is 12.6 Å². The lowest BCUT2D eigenvalue weighted by Crippen LogP contribution is -2.21. The van der Waals surface area contributed by atoms with E-state index in [2.05, 4.69) is 52.2 Å². The zero-order valence-electron chi connectivity index (χ0n) is 7.88. The highest BCUT2D eigenvalue weighted by Crippen LogP contribution is 2.15. The third-order valence-corrected chi connectivity index (χ3v) is 2.60. The molecule has 1 aromatic carbocycles. The second-order valence-corrected chi connectivity index (χ2v) is 4.10. The molecule has 0 heterocycles. The Morgan fingerprint density at radius 1 is 1.54 bits per heavy atom. The van der Waals surface area contributed by atoms with Crippen molar-refractivity contribution in [1.29, 1.82) is 0 Å². The van der Waals surface area contributed by atoms with Crippen molar-refractivity contribution in [1.82, 2.24) is 5.32 Å². The highest BCUT2D eigenvalue weighted by molar-refractivity contribution is 14.1. The Labute approximate surface area is 92.8 Å². The first-order chi connectivity index (χ1) is 6.27. The molecule has 13 heavy (non-hydrogen) atoms. The third kappa shape index (κ3) is 3.25. The minimum Gasteiger partial charge on any atom is -0.383 e. The lowest BCUT2D eigenvalue weighted by molar-refractivity contribution is 0.170. The highest BCUT2D eigenvalue weighted by atomic mass is 127. The molecule has 0 aliphatic rings. The molecule has 1 unspecified atom stereocenters.